The van der Waals surface area contributed by atoms with Crippen molar-refractivity contribution in [3.8, 4) is 5.75 Å². The summed E-state index contributed by atoms with van der Waals surface area (Å²) < 4.78 is 30.2. The van der Waals surface area contributed by atoms with Crippen LogP contribution in [0.2, 0.25) is 0 Å². The molecule has 3 aromatic rings. The fourth-order valence-corrected chi connectivity index (χ4v) is 4.22. The molecule has 9 heteroatoms. The van der Waals surface area contributed by atoms with Crippen LogP contribution in [0, 0.1) is 12.8 Å². The van der Waals surface area contributed by atoms with Gasteiger partial charge in [0.15, 0.2) is 10.9 Å². The number of pyridine rings is 1. The fourth-order valence-electron chi connectivity index (χ4n) is 3.12. The van der Waals surface area contributed by atoms with Crippen LogP contribution in [-0.4, -0.2) is 74.3 Å². The molecule has 1 aliphatic heterocycles. The van der Waals surface area contributed by atoms with E-state index in [2.05, 4.69) is 15.0 Å². The van der Waals surface area contributed by atoms with Gasteiger partial charge in [-0.3, -0.25) is 9.19 Å². The number of benzene rings is 1. The Hall–Kier alpha value is -1.29. The van der Waals surface area contributed by atoms with E-state index in [9.17, 15) is 4.21 Å². The molecule has 0 aliphatic carbocycles. The van der Waals surface area contributed by atoms with Gasteiger partial charge in [0.1, 0.15) is 5.75 Å². The van der Waals surface area contributed by atoms with Crippen molar-refractivity contribution in [3.63, 3.8) is 0 Å². The number of H-pyrrole nitrogens is 1. The van der Waals surface area contributed by atoms with Gasteiger partial charge < -0.3 is 19.2 Å². The van der Waals surface area contributed by atoms with Crippen molar-refractivity contribution in [2.24, 2.45) is 5.92 Å². The van der Waals surface area contributed by atoms with Gasteiger partial charge >= 0.3 is 0 Å². The third-order valence-electron chi connectivity index (χ3n) is 4.92. The maximum absolute atomic E-state index is 12.8. The average molecular weight is 439 g/mol. The first-order valence-corrected chi connectivity index (χ1v) is 10.9. The summed E-state index contributed by atoms with van der Waals surface area (Å²) in [6.07, 6.45) is 1.69. The van der Waals surface area contributed by atoms with Crippen molar-refractivity contribution in [2.45, 2.75) is 37.5 Å². The van der Waals surface area contributed by atoms with Crippen LogP contribution in [0.3, 0.4) is 0 Å². The zero-order chi connectivity index (χ0) is 20.4. The third-order valence-corrected chi connectivity index (χ3v) is 6.08. The fraction of sp³-hybridized carbons (Fsp3) is 0.429. The maximum Gasteiger partial charge on any atom is 0.197 e. The Morgan fingerprint density at radius 2 is 1.97 bits per heavy atom. The van der Waals surface area contributed by atoms with Gasteiger partial charge in [0.05, 0.1) is 53.1 Å². The summed E-state index contributed by atoms with van der Waals surface area (Å²) in [5.74, 6) is 0.647. The molecule has 0 spiro atoms. The Labute approximate surface area is 200 Å². The predicted molar refractivity (Wildman–Crippen MR) is 116 cm³/mol. The summed E-state index contributed by atoms with van der Waals surface area (Å²) in [4.78, 5) is 12.0. The van der Waals surface area contributed by atoms with Gasteiger partial charge in [-0.25, -0.2) is 4.98 Å². The Bertz CT molecular complexity index is 997. The molecule has 3 heterocycles. The van der Waals surface area contributed by atoms with Gasteiger partial charge in [0.25, 0.3) is 0 Å². The number of hydrogen-bond donors (Lipinski definition) is 1. The second-order valence-corrected chi connectivity index (χ2v) is 9.00. The van der Waals surface area contributed by atoms with Crippen molar-refractivity contribution in [1.82, 2.24) is 15.0 Å². The molecular formula is C21H25N3NaO4S. The number of aromatic nitrogens is 3. The van der Waals surface area contributed by atoms with Gasteiger partial charge in [0.2, 0.25) is 0 Å². The molecule has 1 atom stereocenters. The molecule has 1 saturated heterocycles. The van der Waals surface area contributed by atoms with Crippen molar-refractivity contribution >= 4 is 51.4 Å². The van der Waals surface area contributed by atoms with E-state index in [0.29, 0.717) is 25.0 Å². The van der Waals surface area contributed by atoms with Crippen LogP contribution in [0.25, 0.3) is 11.0 Å². The second-order valence-electron chi connectivity index (χ2n) is 7.63. The minimum atomic E-state index is -1.33. The van der Waals surface area contributed by atoms with Gasteiger partial charge in [0, 0.05) is 47.2 Å². The van der Waals surface area contributed by atoms with Gasteiger partial charge in [-0.1, -0.05) is 12.1 Å². The van der Waals surface area contributed by atoms with Crippen LogP contribution in [0.4, 0.5) is 0 Å². The van der Waals surface area contributed by atoms with Gasteiger partial charge in [-0.15, -0.1) is 0 Å². The number of rotatable bonds is 6. The number of nitrogens with zero attached hydrogens (tertiary/aromatic N) is 2. The second kappa shape index (κ2) is 9.89. The molecule has 1 aliphatic rings. The standard InChI is InChI=1S/C21H25N3O4S.Na/c1-14-18(13-29(25)20-23-16-6-4-5-7-17(16)24-20)22-9-8-19(14)26-10-15-11-27-21(2,3)28-12-15;/h4-9,15H,10-13H2,1-3H3,(H,23,24);. The SMILES string of the molecule is Cc1c(OCC2COC(C)(C)OC2)ccnc1CS(=O)c1nc2ccccc2[nH]1.[Na]. The number of ether oxygens (including phenoxy) is 3. The number of aromatic amines is 1. The van der Waals surface area contributed by atoms with E-state index >= 15 is 0 Å². The topological polar surface area (TPSA) is 86.3 Å². The molecule has 1 unspecified atom stereocenters. The molecule has 7 nitrogen and oxygen atoms in total. The van der Waals surface area contributed by atoms with Crippen LogP contribution in [-0.2, 0) is 26.0 Å². The Kier molecular flexibility index (Phi) is 7.71. The van der Waals surface area contributed by atoms with E-state index < -0.39 is 16.6 Å². The molecule has 1 fully saturated rings. The zero-order valence-electron chi connectivity index (χ0n) is 17.8. The van der Waals surface area contributed by atoms with E-state index in [0.717, 1.165) is 28.0 Å². The Morgan fingerprint density at radius 1 is 1.23 bits per heavy atom. The maximum atomic E-state index is 12.8. The Balaban J connectivity index is 0.00000256. The van der Waals surface area contributed by atoms with Crippen molar-refractivity contribution in [2.75, 3.05) is 19.8 Å². The van der Waals surface area contributed by atoms with E-state index in [1.54, 1.807) is 6.20 Å². The quantitative estimate of drug-likeness (QED) is 0.596. The normalized spacial score (nSPS) is 17.4. The van der Waals surface area contributed by atoms with E-state index in [1.165, 1.54) is 0 Å². The predicted octanol–water partition coefficient (Wildman–Crippen LogP) is 2.97. The van der Waals surface area contributed by atoms with Crippen molar-refractivity contribution in [3.05, 3.63) is 47.8 Å². The summed E-state index contributed by atoms with van der Waals surface area (Å²) in [7, 11) is -1.33. The van der Waals surface area contributed by atoms with Crippen LogP contribution >= 0.6 is 0 Å². The molecule has 2 aromatic heterocycles. The third kappa shape index (κ3) is 5.49. The summed E-state index contributed by atoms with van der Waals surface area (Å²) in [5.41, 5.74) is 3.30. The minimum Gasteiger partial charge on any atom is -0.493 e. The minimum absolute atomic E-state index is 0. The van der Waals surface area contributed by atoms with Crippen molar-refractivity contribution in [1.29, 1.82) is 0 Å². The van der Waals surface area contributed by atoms with Crippen molar-refractivity contribution < 1.29 is 18.4 Å². The molecular weight excluding hydrogens is 413 g/mol. The molecule has 0 bridgehead atoms. The number of para-hydroxylation sites is 2. The first-order valence-electron chi connectivity index (χ1n) is 9.59. The molecule has 1 aromatic carbocycles. The summed E-state index contributed by atoms with van der Waals surface area (Å²) in [6.45, 7) is 7.44. The number of fused-ring (bicyclic) bond motifs is 1. The number of nitrogens with one attached hydrogen (secondary N) is 1. The summed E-state index contributed by atoms with van der Waals surface area (Å²) in [6, 6.07) is 9.47. The van der Waals surface area contributed by atoms with Gasteiger partial charge in [-0.2, -0.15) is 0 Å². The average Bonchev–Trinajstić information content (AvgIpc) is 3.14. The van der Waals surface area contributed by atoms with E-state index in [-0.39, 0.29) is 41.2 Å². The van der Waals surface area contributed by atoms with Crippen LogP contribution in [0.1, 0.15) is 25.1 Å². The first-order chi connectivity index (χ1) is 13.9. The molecule has 0 saturated carbocycles. The first kappa shape index (κ1) is 23.4. The molecule has 1 radical (unpaired) electrons. The molecule has 30 heavy (non-hydrogen) atoms. The molecule has 1 N–H and O–H groups in total. The number of hydrogen-bond acceptors (Lipinski definition) is 6. The van der Waals surface area contributed by atoms with Crippen LogP contribution in [0.15, 0.2) is 41.7 Å². The smallest absolute Gasteiger partial charge is 0.197 e. The van der Waals surface area contributed by atoms with E-state index in [1.807, 2.05) is 51.1 Å². The Morgan fingerprint density at radius 3 is 2.70 bits per heavy atom. The van der Waals surface area contributed by atoms with Gasteiger partial charge in [-0.05, 0) is 39.0 Å². The van der Waals surface area contributed by atoms with E-state index in [4.69, 9.17) is 14.2 Å². The summed E-state index contributed by atoms with van der Waals surface area (Å²) in [5, 5.41) is 0.456. The summed E-state index contributed by atoms with van der Waals surface area (Å²) >= 11 is 0. The largest absolute Gasteiger partial charge is 0.493 e. The molecule has 155 valence electrons. The molecule has 4 rings (SSSR count). The number of imidazole rings is 1. The molecule has 0 amide bonds. The van der Waals surface area contributed by atoms with Crippen LogP contribution in [0.5, 0.6) is 5.75 Å². The zero-order valence-corrected chi connectivity index (χ0v) is 20.6. The monoisotopic (exact) mass is 438 g/mol. The van der Waals surface area contributed by atoms with Crippen LogP contribution < -0.4 is 4.74 Å².